The van der Waals surface area contributed by atoms with Crippen LogP contribution in [0.5, 0.6) is 0 Å². The maximum absolute atomic E-state index is 11.5. The highest BCUT2D eigenvalue weighted by molar-refractivity contribution is 5.69. The summed E-state index contributed by atoms with van der Waals surface area (Å²) in [6.07, 6.45) is 6.34. The molecular weight excluding hydrogens is 282 g/mol. The number of hydrogen-bond donors (Lipinski definition) is 0. The Bertz CT molecular complexity index is 202. The minimum absolute atomic E-state index is 0. The summed E-state index contributed by atoms with van der Waals surface area (Å²) in [5.74, 6) is -0.0583. The van der Waals surface area contributed by atoms with Crippen molar-refractivity contribution in [2.45, 2.75) is 58.6 Å². The maximum Gasteiger partial charge on any atom is 0.310 e. The summed E-state index contributed by atoms with van der Waals surface area (Å²) in [4.78, 5) is 11.5. The predicted octanol–water partition coefficient (Wildman–Crippen LogP) is -0.0537. The van der Waals surface area contributed by atoms with E-state index in [-0.39, 0.29) is 29.2 Å². The highest BCUT2D eigenvalue weighted by Crippen LogP contribution is 2.09. The van der Waals surface area contributed by atoms with Crippen LogP contribution in [-0.2, 0) is 9.53 Å². The largest absolute Gasteiger partial charge is 1.00 e. The molecule has 0 aliphatic carbocycles. The fraction of sp³-hybridized carbons (Fsp3) is 0.923. The van der Waals surface area contributed by atoms with Gasteiger partial charge in [-0.2, -0.15) is 0 Å². The van der Waals surface area contributed by atoms with E-state index in [4.69, 9.17) is 4.74 Å². The van der Waals surface area contributed by atoms with Crippen molar-refractivity contribution in [2.24, 2.45) is 0 Å². The summed E-state index contributed by atoms with van der Waals surface area (Å²) in [5.41, 5.74) is 0. The van der Waals surface area contributed by atoms with Crippen LogP contribution in [0.15, 0.2) is 0 Å². The number of ether oxygens (including phenoxy) is 1. The molecule has 1 unspecified atom stereocenters. The van der Waals surface area contributed by atoms with Gasteiger partial charge in [0.05, 0.1) is 21.1 Å². The van der Waals surface area contributed by atoms with E-state index in [0.717, 1.165) is 12.8 Å². The standard InChI is InChI=1S/C13H28NO2.BrH/c1-6-7-8-9-10-11-13(15)16-12(2)14(3,4)5;/h12H,6-11H2,1-5H3;1H/q+1;/p-1. The second-order valence-electron chi connectivity index (χ2n) is 5.37. The SMILES string of the molecule is CCCCCCCC(=O)OC(C)[N+](C)(C)C.[Br-]. The average Bonchev–Trinajstić information content (AvgIpc) is 2.16. The van der Waals surface area contributed by atoms with E-state index in [1.807, 2.05) is 28.1 Å². The van der Waals surface area contributed by atoms with E-state index < -0.39 is 0 Å². The van der Waals surface area contributed by atoms with Gasteiger partial charge in [-0.15, -0.1) is 0 Å². The first-order chi connectivity index (χ1) is 7.38. The molecule has 104 valence electrons. The Morgan fingerprint density at radius 1 is 1.12 bits per heavy atom. The normalized spacial score (nSPS) is 12.8. The number of quaternary nitrogens is 1. The molecule has 0 radical (unpaired) electrons. The Balaban J connectivity index is 0. The molecule has 0 saturated heterocycles. The molecule has 0 aromatic heterocycles. The van der Waals surface area contributed by atoms with Crippen molar-refractivity contribution in [3.05, 3.63) is 0 Å². The van der Waals surface area contributed by atoms with Crippen molar-refractivity contribution in [1.82, 2.24) is 0 Å². The Morgan fingerprint density at radius 2 is 1.65 bits per heavy atom. The van der Waals surface area contributed by atoms with Crippen molar-refractivity contribution >= 4 is 5.97 Å². The predicted molar refractivity (Wildman–Crippen MR) is 67.0 cm³/mol. The van der Waals surface area contributed by atoms with Crippen LogP contribution >= 0.6 is 0 Å². The molecule has 0 fully saturated rings. The molecule has 0 aliphatic heterocycles. The highest BCUT2D eigenvalue weighted by Gasteiger charge is 2.21. The van der Waals surface area contributed by atoms with E-state index in [0.29, 0.717) is 10.9 Å². The molecule has 17 heavy (non-hydrogen) atoms. The van der Waals surface area contributed by atoms with E-state index in [1.54, 1.807) is 0 Å². The van der Waals surface area contributed by atoms with Crippen molar-refractivity contribution in [2.75, 3.05) is 21.1 Å². The summed E-state index contributed by atoms with van der Waals surface area (Å²) in [5, 5.41) is 0. The van der Waals surface area contributed by atoms with Gasteiger partial charge in [-0.3, -0.25) is 9.28 Å². The summed E-state index contributed by atoms with van der Waals surface area (Å²) < 4.78 is 6.01. The van der Waals surface area contributed by atoms with Crippen LogP contribution in [0.2, 0.25) is 0 Å². The van der Waals surface area contributed by atoms with Crippen molar-refractivity contribution in [1.29, 1.82) is 0 Å². The van der Waals surface area contributed by atoms with Gasteiger partial charge in [0, 0.05) is 13.3 Å². The molecule has 0 amide bonds. The average molecular weight is 310 g/mol. The second kappa shape index (κ2) is 9.89. The zero-order valence-corrected chi connectivity index (χ0v) is 13.5. The van der Waals surface area contributed by atoms with Gasteiger partial charge in [0.1, 0.15) is 0 Å². The summed E-state index contributed by atoms with van der Waals surface area (Å²) >= 11 is 0. The van der Waals surface area contributed by atoms with Gasteiger partial charge in [-0.25, -0.2) is 0 Å². The molecule has 0 spiro atoms. The van der Waals surface area contributed by atoms with Crippen LogP contribution in [-0.4, -0.2) is 37.8 Å². The molecule has 0 saturated carbocycles. The van der Waals surface area contributed by atoms with Gasteiger partial charge in [0.15, 0.2) is 0 Å². The van der Waals surface area contributed by atoms with E-state index in [2.05, 4.69) is 6.92 Å². The minimum Gasteiger partial charge on any atom is -1.00 e. The fourth-order valence-corrected chi connectivity index (χ4v) is 1.28. The van der Waals surface area contributed by atoms with E-state index >= 15 is 0 Å². The number of hydrogen-bond acceptors (Lipinski definition) is 2. The van der Waals surface area contributed by atoms with Gasteiger partial charge in [0.2, 0.25) is 6.23 Å². The minimum atomic E-state index is -0.0665. The van der Waals surface area contributed by atoms with Crippen molar-refractivity contribution < 1.29 is 31.0 Å². The zero-order valence-electron chi connectivity index (χ0n) is 12.0. The van der Waals surface area contributed by atoms with Gasteiger partial charge >= 0.3 is 5.97 Å². The molecule has 0 aromatic rings. The number of halogens is 1. The molecule has 0 aliphatic rings. The highest BCUT2D eigenvalue weighted by atomic mass is 79.9. The number of nitrogens with zero attached hydrogens (tertiary/aromatic N) is 1. The quantitative estimate of drug-likeness (QED) is 0.272. The van der Waals surface area contributed by atoms with Gasteiger partial charge in [-0.1, -0.05) is 32.6 Å². The summed E-state index contributed by atoms with van der Waals surface area (Å²) in [6, 6.07) is 0. The molecule has 0 N–H and O–H groups in total. The summed E-state index contributed by atoms with van der Waals surface area (Å²) in [7, 11) is 6.08. The van der Waals surface area contributed by atoms with E-state index in [1.165, 1.54) is 19.3 Å². The first-order valence-electron chi connectivity index (χ1n) is 6.38. The molecule has 0 rings (SSSR count). The number of esters is 1. The molecule has 1 atom stereocenters. The maximum atomic E-state index is 11.5. The van der Waals surface area contributed by atoms with Crippen LogP contribution < -0.4 is 17.0 Å². The molecular formula is C13H28BrNO2. The number of carbonyl (C=O) groups is 1. The third kappa shape index (κ3) is 10.8. The molecule has 0 heterocycles. The lowest BCUT2D eigenvalue weighted by atomic mass is 10.1. The Labute approximate surface area is 117 Å². The Hall–Kier alpha value is -0.0900. The van der Waals surface area contributed by atoms with Gasteiger partial charge in [-0.05, 0) is 6.42 Å². The van der Waals surface area contributed by atoms with Crippen molar-refractivity contribution in [3.63, 3.8) is 0 Å². The lowest BCUT2D eigenvalue weighted by Gasteiger charge is -2.30. The third-order valence-corrected chi connectivity index (χ3v) is 2.88. The molecule has 4 heteroatoms. The second-order valence-corrected chi connectivity index (χ2v) is 5.37. The fourth-order valence-electron chi connectivity index (χ4n) is 1.28. The number of rotatable bonds is 8. The topological polar surface area (TPSA) is 26.3 Å². The lowest BCUT2D eigenvalue weighted by molar-refractivity contribution is -0.914. The molecule has 0 aromatic carbocycles. The smallest absolute Gasteiger partial charge is 0.310 e. The van der Waals surface area contributed by atoms with Crippen LogP contribution in [0.1, 0.15) is 52.4 Å². The number of carbonyl (C=O) groups excluding carboxylic acids is 1. The summed E-state index contributed by atoms with van der Waals surface area (Å²) in [6.45, 7) is 4.13. The van der Waals surface area contributed by atoms with Crippen LogP contribution in [0.4, 0.5) is 0 Å². The van der Waals surface area contributed by atoms with E-state index in [9.17, 15) is 4.79 Å². The third-order valence-electron chi connectivity index (χ3n) is 2.88. The Morgan fingerprint density at radius 3 is 2.12 bits per heavy atom. The van der Waals surface area contributed by atoms with Crippen LogP contribution in [0, 0.1) is 0 Å². The van der Waals surface area contributed by atoms with Gasteiger partial charge < -0.3 is 21.7 Å². The monoisotopic (exact) mass is 309 g/mol. The molecule has 0 bridgehead atoms. The van der Waals surface area contributed by atoms with Crippen LogP contribution in [0.25, 0.3) is 0 Å². The zero-order chi connectivity index (χ0) is 12.6. The lowest BCUT2D eigenvalue weighted by Crippen LogP contribution is -3.00. The number of unbranched alkanes of at least 4 members (excludes halogenated alkanes) is 4. The Kier molecular flexibility index (Phi) is 11.2. The molecule has 3 nitrogen and oxygen atoms in total. The van der Waals surface area contributed by atoms with Crippen LogP contribution in [0.3, 0.4) is 0 Å². The van der Waals surface area contributed by atoms with Gasteiger partial charge in [0.25, 0.3) is 0 Å². The first-order valence-corrected chi connectivity index (χ1v) is 6.38. The van der Waals surface area contributed by atoms with Crippen molar-refractivity contribution in [3.8, 4) is 0 Å². The first kappa shape index (κ1) is 19.3.